The van der Waals surface area contributed by atoms with Gasteiger partial charge in [0.25, 0.3) is 0 Å². The molecule has 2 aliphatic carbocycles. The van der Waals surface area contributed by atoms with E-state index in [-0.39, 0.29) is 12.1 Å². The van der Waals surface area contributed by atoms with Gasteiger partial charge in [0, 0.05) is 13.3 Å². The lowest BCUT2D eigenvalue weighted by Gasteiger charge is -2.47. The normalized spacial score (nSPS) is 37.0. The van der Waals surface area contributed by atoms with E-state index in [1.54, 1.807) is 5.57 Å². The minimum Gasteiger partial charge on any atom is -0.462 e. The first kappa shape index (κ1) is 12.7. The Morgan fingerprint density at radius 3 is 2.94 bits per heavy atom. The second-order valence-corrected chi connectivity index (χ2v) is 5.80. The zero-order valence-corrected chi connectivity index (χ0v) is 11.3. The van der Waals surface area contributed by atoms with Crippen molar-refractivity contribution in [3.8, 4) is 0 Å². The van der Waals surface area contributed by atoms with Gasteiger partial charge in [-0.3, -0.25) is 4.79 Å². The minimum atomic E-state index is -0.137. The molecule has 3 unspecified atom stereocenters. The van der Waals surface area contributed by atoms with Crippen LogP contribution < -0.4 is 0 Å². The molecule has 2 aliphatic rings. The number of hydrogen-bond acceptors (Lipinski definition) is 2. The lowest BCUT2D eigenvalue weighted by atomic mass is 9.59. The molecule has 0 amide bonds. The molecule has 0 heterocycles. The number of esters is 1. The maximum Gasteiger partial charge on any atom is 0.302 e. The van der Waals surface area contributed by atoms with Crippen molar-refractivity contribution in [2.45, 2.75) is 65.4 Å². The van der Waals surface area contributed by atoms with Crippen LogP contribution in [0.1, 0.15) is 59.3 Å². The number of rotatable bonds is 2. The van der Waals surface area contributed by atoms with Gasteiger partial charge >= 0.3 is 5.97 Å². The molecule has 0 aliphatic heterocycles. The Morgan fingerprint density at radius 1 is 1.53 bits per heavy atom. The Labute approximate surface area is 104 Å². The van der Waals surface area contributed by atoms with E-state index in [1.165, 1.54) is 32.6 Å². The second kappa shape index (κ2) is 4.83. The fraction of sp³-hybridized carbons (Fsp3) is 0.800. The number of carbonyl (C=O) groups excluding carboxylic acids is 1. The Kier molecular flexibility index (Phi) is 3.60. The van der Waals surface area contributed by atoms with E-state index in [2.05, 4.69) is 19.9 Å². The molecule has 0 saturated heterocycles. The molecule has 0 bridgehead atoms. The van der Waals surface area contributed by atoms with E-state index in [1.807, 2.05) is 0 Å². The zero-order chi connectivity index (χ0) is 12.5. The highest BCUT2D eigenvalue weighted by Crippen LogP contribution is 2.52. The predicted molar refractivity (Wildman–Crippen MR) is 68.6 cm³/mol. The van der Waals surface area contributed by atoms with Crippen molar-refractivity contribution >= 4 is 5.97 Å². The van der Waals surface area contributed by atoms with E-state index >= 15 is 0 Å². The second-order valence-electron chi connectivity index (χ2n) is 5.80. The molecule has 0 N–H and O–H groups in total. The summed E-state index contributed by atoms with van der Waals surface area (Å²) in [5.74, 6) is 0.683. The quantitative estimate of drug-likeness (QED) is 0.537. The average Bonchev–Trinajstić information content (AvgIpc) is 2.28. The van der Waals surface area contributed by atoms with Crippen LogP contribution in [0.2, 0.25) is 0 Å². The lowest BCUT2D eigenvalue weighted by Crippen LogP contribution is -2.39. The van der Waals surface area contributed by atoms with Crippen LogP contribution in [0.4, 0.5) is 0 Å². The van der Waals surface area contributed by atoms with Gasteiger partial charge in [0.2, 0.25) is 0 Å². The van der Waals surface area contributed by atoms with Gasteiger partial charge in [-0.05, 0) is 37.0 Å². The Hall–Kier alpha value is -0.790. The molecule has 2 nitrogen and oxygen atoms in total. The summed E-state index contributed by atoms with van der Waals surface area (Å²) in [4.78, 5) is 11.0. The van der Waals surface area contributed by atoms with Crippen LogP contribution in [0.5, 0.6) is 0 Å². The summed E-state index contributed by atoms with van der Waals surface area (Å²) in [5.41, 5.74) is 1.93. The minimum absolute atomic E-state index is 0.127. The highest BCUT2D eigenvalue weighted by atomic mass is 16.5. The van der Waals surface area contributed by atoms with E-state index in [0.29, 0.717) is 5.41 Å². The maximum atomic E-state index is 11.0. The first-order chi connectivity index (χ1) is 8.06. The molecule has 3 atom stereocenters. The fourth-order valence-electron chi connectivity index (χ4n) is 3.75. The van der Waals surface area contributed by atoms with E-state index in [0.717, 1.165) is 18.8 Å². The van der Waals surface area contributed by atoms with Gasteiger partial charge in [0.1, 0.15) is 6.10 Å². The summed E-state index contributed by atoms with van der Waals surface area (Å²) in [6.45, 7) is 6.23. The molecule has 0 spiro atoms. The topological polar surface area (TPSA) is 26.3 Å². The number of allylic oxidation sites excluding steroid dienone is 1. The van der Waals surface area contributed by atoms with Crippen molar-refractivity contribution in [1.82, 2.24) is 0 Å². The van der Waals surface area contributed by atoms with Crippen molar-refractivity contribution in [2.75, 3.05) is 0 Å². The van der Waals surface area contributed by atoms with E-state index < -0.39 is 0 Å². The molecule has 0 radical (unpaired) electrons. The Morgan fingerprint density at radius 2 is 2.29 bits per heavy atom. The number of fused-ring (bicyclic) bond motifs is 1. The third kappa shape index (κ3) is 2.41. The molecule has 0 aromatic carbocycles. The summed E-state index contributed by atoms with van der Waals surface area (Å²) >= 11 is 0. The Bertz CT molecular complexity index is 332. The molecule has 2 heteroatoms. The first-order valence-electron chi connectivity index (χ1n) is 6.93. The molecule has 0 aromatic rings. The van der Waals surface area contributed by atoms with Crippen molar-refractivity contribution < 1.29 is 9.53 Å². The maximum absolute atomic E-state index is 11.0. The lowest BCUT2D eigenvalue weighted by molar-refractivity contribution is -0.148. The monoisotopic (exact) mass is 236 g/mol. The van der Waals surface area contributed by atoms with Crippen LogP contribution >= 0.6 is 0 Å². The largest absolute Gasteiger partial charge is 0.462 e. The van der Waals surface area contributed by atoms with E-state index in [4.69, 9.17) is 4.74 Å². The summed E-state index contributed by atoms with van der Waals surface area (Å²) in [6, 6.07) is 0. The molecular weight excluding hydrogens is 212 g/mol. The molecule has 17 heavy (non-hydrogen) atoms. The van der Waals surface area contributed by atoms with Crippen molar-refractivity contribution in [2.24, 2.45) is 11.3 Å². The van der Waals surface area contributed by atoms with Gasteiger partial charge in [-0.2, -0.15) is 0 Å². The number of carbonyl (C=O) groups is 1. The number of ether oxygens (including phenoxy) is 1. The van der Waals surface area contributed by atoms with Crippen LogP contribution in [-0.4, -0.2) is 12.1 Å². The van der Waals surface area contributed by atoms with Crippen molar-refractivity contribution in [3.05, 3.63) is 11.6 Å². The average molecular weight is 236 g/mol. The highest BCUT2D eigenvalue weighted by Gasteiger charge is 2.42. The van der Waals surface area contributed by atoms with Gasteiger partial charge in [-0.1, -0.05) is 31.9 Å². The third-order valence-electron chi connectivity index (χ3n) is 4.80. The summed E-state index contributed by atoms with van der Waals surface area (Å²) in [6.07, 6.45) is 9.51. The SMILES string of the molecule is CCC1CCC=C2CC(OC(C)=O)CCC21C. The van der Waals surface area contributed by atoms with Crippen LogP contribution in [0.3, 0.4) is 0 Å². The van der Waals surface area contributed by atoms with Gasteiger partial charge < -0.3 is 4.74 Å². The Balaban J connectivity index is 2.11. The molecule has 2 rings (SSSR count). The van der Waals surface area contributed by atoms with Gasteiger partial charge in [0.05, 0.1) is 0 Å². The number of hydrogen-bond donors (Lipinski definition) is 0. The van der Waals surface area contributed by atoms with Crippen molar-refractivity contribution in [1.29, 1.82) is 0 Å². The van der Waals surface area contributed by atoms with Gasteiger partial charge in [0.15, 0.2) is 0 Å². The summed E-state index contributed by atoms with van der Waals surface area (Å²) in [5, 5.41) is 0. The summed E-state index contributed by atoms with van der Waals surface area (Å²) in [7, 11) is 0. The molecule has 1 fully saturated rings. The van der Waals surface area contributed by atoms with Gasteiger partial charge in [-0.25, -0.2) is 0 Å². The summed E-state index contributed by atoms with van der Waals surface area (Å²) < 4.78 is 5.37. The first-order valence-corrected chi connectivity index (χ1v) is 6.93. The van der Waals surface area contributed by atoms with Crippen LogP contribution in [0.25, 0.3) is 0 Å². The molecule has 1 saturated carbocycles. The third-order valence-corrected chi connectivity index (χ3v) is 4.80. The zero-order valence-electron chi connectivity index (χ0n) is 11.3. The smallest absolute Gasteiger partial charge is 0.302 e. The molecular formula is C15H24O2. The van der Waals surface area contributed by atoms with E-state index in [9.17, 15) is 4.79 Å². The fourth-order valence-corrected chi connectivity index (χ4v) is 3.75. The van der Waals surface area contributed by atoms with Crippen LogP contribution in [0, 0.1) is 11.3 Å². The molecule has 96 valence electrons. The standard InChI is InChI=1S/C15H24O2/c1-4-12-6-5-7-13-10-14(17-11(2)16)8-9-15(12,13)3/h7,12,14H,4-6,8-10H2,1-3H3. The highest BCUT2D eigenvalue weighted by molar-refractivity contribution is 5.66. The van der Waals surface area contributed by atoms with Crippen LogP contribution in [-0.2, 0) is 9.53 Å². The van der Waals surface area contributed by atoms with Crippen LogP contribution in [0.15, 0.2) is 11.6 Å². The predicted octanol–water partition coefficient (Wildman–Crippen LogP) is 3.85. The molecule has 0 aromatic heterocycles. The van der Waals surface area contributed by atoms with Crippen molar-refractivity contribution in [3.63, 3.8) is 0 Å². The van der Waals surface area contributed by atoms with Gasteiger partial charge in [-0.15, -0.1) is 0 Å².